The molecule has 0 fully saturated rings. The molecule has 0 atom stereocenters. The molecule has 2 nitrogen and oxygen atoms in total. The van der Waals surface area contributed by atoms with Crippen molar-refractivity contribution >= 4 is 5.71 Å². The quantitative estimate of drug-likeness (QED) is 0.395. The molecule has 0 unspecified atom stereocenters. The van der Waals surface area contributed by atoms with Crippen LogP contribution in [0.25, 0.3) is 0 Å². The zero-order valence-electron chi connectivity index (χ0n) is 6.86. The molecule has 0 aromatic rings. The monoisotopic (exact) mass is 183 g/mol. The maximum atomic E-state index is 12.3. The van der Waals surface area contributed by atoms with Crippen LogP contribution in [0.3, 0.4) is 0 Å². The Hall–Kier alpha value is -0.740. The second-order valence-electron chi connectivity index (χ2n) is 2.58. The highest BCUT2D eigenvalue weighted by Gasteiger charge is 2.35. The summed E-state index contributed by atoms with van der Waals surface area (Å²) in [6.45, 7) is -1.72. The van der Waals surface area contributed by atoms with Crippen LogP contribution in [0, 0.1) is 5.41 Å². The lowest BCUT2D eigenvalue weighted by atomic mass is 9.83. The highest BCUT2D eigenvalue weighted by molar-refractivity contribution is 5.91. The van der Waals surface area contributed by atoms with Crippen molar-refractivity contribution in [2.24, 2.45) is 10.6 Å². The Kier molecular flexibility index (Phi) is 4.70. The number of hydrogen-bond acceptors (Lipinski definition) is 2. The SMILES string of the molecule is CCC(CF)(CF)C(CF)=NO. The third kappa shape index (κ3) is 1.89. The molecule has 12 heavy (non-hydrogen) atoms. The first kappa shape index (κ1) is 11.3. The van der Waals surface area contributed by atoms with E-state index in [1.165, 1.54) is 6.92 Å². The van der Waals surface area contributed by atoms with Gasteiger partial charge >= 0.3 is 0 Å². The van der Waals surface area contributed by atoms with Gasteiger partial charge in [0.15, 0.2) is 0 Å². The van der Waals surface area contributed by atoms with Crippen LogP contribution in [0.2, 0.25) is 0 Å². The van der Waals surface area contributed by atoms with Gasteiger partial charge in [-0.2, -0.15) is 0 Å². The summed E-state index contributed by atoms with van der Waals surface area (Å²) in [5, 5.41) is 10.8. The molecule has 0 saturated carbocycles. The third-order valence-corrected chi connectivity index (χ3v) is 2.05. The lowest BCUT2D eigenvalue weighted by Gasteiger charge is -2.25. The van der Waals surface area contributed by atoms with E-state index in [0.717, 1.165) is 0 Å². The average molecular weight is 183 g/mol. The summed E-state index contributed by atoms with van der Waals surface area (Å²) >= 11 is 0. The van der Waals surface area contributed by atoms with E-state index in [1.54, 1.807) is 0 Å². The molecular weight excluding hydrogens is 171 g/mol. The van der Waals surface area contributed by atoms with Crippen molar-refractivity contribution in [3.63, 3.8) is 0 Å². The summed E-state index contributed by atoms with van der Waals surface area (Å²) in [6.07, 6.45) is 0.0727. The fourth-order valence-corrected chi connectivity index (χ4v) is 0.858. The van der Waals surface area contributed by atoms with Crippen molar-refractivity contribution in [1.82, 2.24) is 0 Å². The first-order chi connectivity index (χ1) is 5.70. The van der Waals surface area contributed by atoms with E-state index in [0.29, 0.717) is 0 Å². The van der Waals surface area contributed by atoms with Crippen LogP contribution in [0.1, 0.15) is 13.3 Å². The van der Waals surface area contributed by atoms with Crippen molar-refractivity contribution < 1.29 is 18.4 Å². The van der Waals surface area contributed by atoms with Gasteiger partial charge in [0.2, 0.25) is 0 Å². The van der Waals surface area contributed by atoms with Crippen molar-refractivity contribution in [2.75, 3.05) is 20.0 Å². The van der Waals surface area contributed by atoms with Gasteiger partial charge in [0, 0.05) is 0 Å². The minimum atomic E-state index is -1.57. The van der Waals surface area contributed by atoms with Gasteiger partial charge in [-0.15, -0.1) is 0 Å². The predicted molar refractivity (Wildman–Crippen MR) is 39.9 cm³/mol. The molecule has 0 radical (unpaired) electrons. The number of rotatable bonds is 5. The smallest absolute Gasteiger partial charge is 0.132 e. The minimum absolute atomic E-state index is 0.0727. The molecule has 5 heteroatoms. The second kappa shape index (κ2) is 5.00. The lowest BCUT2D eigenvalue weighted by Crippen LogP contribution is -2.36. The largest absolute Gasteiger partial charge is 0.411 e. The van der Waals surface area contributed by atoms with Crippen LogP contribution in [-0.2, 0) is 0 Å². The first-order valence-corrected chi connectivity index (χ1v) is 3.60. The highest BCUT2D eigenvalue weighted by Crippen LogP contribution is 2.26. The summed E-state index contributed by atoms with van der Waals surface area (Å²) in [7, 11) is 0. The molecule has 1 N–H and O–H groups in total. The average Bonchev–Trinajstić information content (AvgIpc) is 2.14. The predicted octanol–water partition coefficient (Wildman–Crippen LogP) is 2.12. The van der Waals surface area contributed by atoms with Gasteiger partial charge in [-0.3, -0.25) is 0 Å². The molecular formula is C7H12F3NO. The molecule has 0 amide bonds. The Bertz CT molecular complexity index is 148. The third-order valence-electron chi connectivity index (χ3n) is 2.05. The molecule has 0 aliphatic rings. The first-order valence-electron chi connectivity index (χ1n) is 3.60. The van der Waals surface area contributed by atoms with E-state index in [1.807, 2.05) is 0 Å². The molecule has 0 saturated heterocycles. The van der Waals surface area contributed by atoms with E-state index in [4.69, 9.17) is 5.21 Å². The molecule has 0 bridgehead atoms. The number of halogens is 3. The standard InChI is InChI=1S/C7H12F3NO/c1-2-7(4-9,5-10)6(3-8)11-12/h12H,2-5H2,1H3. The van der Waals surface area contributed by atoms with Gasteiger partial charge < -0.3 is 5.21 Å². The maximum Gasteiger partial charge on any atom is 0.132 e. The molecule has 0 heterocycles. The molecule has 0 aromatic heterocycles. The van der Waals surface area contributed by atoms with Gasteiger partial charge in [0.05, 0.1) is 11.1 Å². The molecule has 0 aliphatic heterocycles. The van der Waals surface area contributed by atoms with E-state index in [2.05, 4.69) is 5.16 Å². The van der Waals surface area contributed by atoms with Crippen LogP contribution < -0.4 is 0 Å². The van der Waals surface area contributed by atoms with Crippen molar-refractivity contribution in [2.45, 2.75) is 13.3 Å². The Labute approximate surface area is 69.1 Å². The Balaban J connectivity index is 4.68. The summed E-state index contributed by atoms with van der Waals surface area (Å²) in [5.41, 5.74) is -2.03. The van der Waals surface area contributed by atoms with E-state index in [9.17, 15) is 13.2 Å². The van der Waals surface area contributed by atoms with Gasteiger partial charge in [0.1, 0.15) is 20.0 Å². The number of oxime groups is 1. The van der Waals surface area contributed by atoms with Crippen LogP contribution in [-0.4, -0.2) is 30.9 Å². The number of alkyl halides is 3. The molecule has 0 spiro atoms. The summed E-state index contributed by atoms with van der Waals surface area (Å²) in [5.74, 6) is 0. The topological polar surface area (TPSA) is 32.6 Å². The summed E-state index contributed by atoms with van der Waals surface area (Å²) in [4.78, 5) is 0. The van der Waals surface area contributed by atoms with Crippen LogP contribution in [0.15, 0.2) is 5.16 Å². The molecule has 0 aliphatic carbocycles. The van der Waals surface area contributed by atoms with Crippen LogP contribution in [0.4, 0.5) is 13.2 Å². The lowest BCUT2D eigenvalue weighted by molar-refractivity contribution is 0.205. The van der Waals surface area contributed by atoms with Crippen LogP contribution >= 0.6 is 0 Å². The van der Waals surface area contributed by atoms with Gasteiger partial charge in [-0.25, -0.2) is 13.2 Å². The van der Waals surface area contributed by atoms with Crippen molar-refractivity contribution in [1.29, 1.82) is 0 Å². The Morgan fingerprint density at radius 3 is 1.92 bits per heavy atom. The normalized spacial score (nSPS) is 13.5. The summed E-state index contributed by atoms with van der Waals surface area (Å²) < 4.78 is 36.8. The zero-order chi connectivity index (χ0) is 9.61. The maximum absolute atomic E-state index is 12.3. The highest BCUT2D eigenvalue weighted by atomic mass is 19.1. The van der Waals surface area contributed by atoms with Crippen molar-refractivity contribution in [3.8, 4) is 0 Å². The van der Waals surface area contributed by atoms with Crippen LogP contribution in [0.5, 0.6) is 0 Å². The number of hydrogen-bond donors (Lipinski definition) is 1. The van der Waals surface area contributed by atoms with E-state index >= 15 is 0 Å². The fraction of sp³-hybridized carbons (Fsp3) is 0.857. The Morgan fingerprint density at radius 2 is 1.83 bits per heavy atom. The molecule has 72 valence electrons. The molecule has 0 aromatic carbocycles. The fourth-order valence-electron chi connectivity index (χ4n) is 0.858. The van der Waals surface area contributed by atoms with Crippen molar-refractivity contribution in [3.05, 3.63) is 0 Å². The second-order valence-corrected chi connectivity index (χ2v) is 2.58. The zero-order valence-corrected chi connectivity index (χ0v) is 6.86. The summed E-state index contributed by atoms with van der Waals surface area (Å²) in [6, 6.07) is 0. The Morgan fingerprint density at radius 1 is 1.33 bits per heavy atom. The molecule has 0 rings (SSSR count). The van der Waals surface area contributed by atoms with Gasteiger partial charge in [0.25, 0.3) is 0 Å². The van der Waals surface area contributed by atoms with E-state index in [-0.39, 0.29) is 6.42 Å². The van der Waals surface area contributed by atoms with E-state index < -0.39 is 31.2 Å². The minimum Gasteiger partial charge on any atom is -0.411 e. The van der Waals surface area contributed by atoms with Gasteiger partial charge in [-0.05, 0) is 6.42 Å². The number of nitrogens with zero attached hydrogens (tertiary/aromatic N) is 1. The van der Waals surface area contributed by atoms with Gasteiger partial charge in [-0.1, -0.05) is 12.1 Å².